The smallest absolute Gasteiger partial charge is 0.0843 e. The number of nitrogens with zero attached hydrogens (tertiary/aromatic N) is 2. The monoisotopic (exact) mass is 235 g/mol. The Morgan fingerprint density at radius 1 is 1.56 bits per heavy atom. The number of benzene rings is 1. The molecule has 1 saturated heterocycles. The number of hydrogen-bond donors (Lipinski definition) is 1. The van der Waals surface area contributed by atoms with Crippen LogP contribution in [0.4, 0.5) is 5.69 Å². The Morgan fingerprint density at radius 3 is 3.19 bits per heavy atom. The predicted octanol–water partition coefficient (Wildman–Crippen LogP) is 2.03. The first kappa shape index (κ1) is 11.3. The highest BCUT2D eigenvalue weighted by molar-refractivity contribution is 6.30. The minimum Gasteiger partial charge on any atom is -0.370 e. The van der Waals surface area contributed by atoms with E-state index in [2.05, 4.69) is 22.4 Å². The number of anilines is 1. The maximum atomic E-state index is 8.50. The van der Waals surface area contributed by atoms with E-state index < -0.39 is 0 Å². The highest BCUT2D eigenvalue weighted by Crippen LogP contribution is 2.23. The van der Waals surface area contributed by atoms with Crippen LogP contribution < -0.4 is 10.2 Å². The fourth-order valence-corrected chi connectivity index (χ4v) is 2.21. The zero-order valence-corrected chi connectivity index (χ0v) is 9.74. The molecule has 1 fully saturated rings. The molecule has 1 heterocycles. The van der Waals surface area contributed by atoms with Gasteiger partial charge in [0.1, 0.15) is 0 Å². The van der Waals surface area contributed by atoms with E-state index in [0.717, 1.165) is 30.2 Å². The summed E-state index contributed by atoms with van der Waals surface area (Å²) in [6.45, 7) is 2.39. The Bertz CT molecular complexity index is 399. The molecule has 0 spiro atoms. The maximum Gasteiger partial charge on any atom is 0.0843 e. The molecular formula is C12H14ClN3. The van der Waals surface area contributed by atoms with Crippen LogP contribution in [0.25, 0.3) is 0 Å². The minimum atomic E-state index is 0.415. The van der Waals surface area contributed by atoms with Crippen LogP contribution in [0.3, 0.4) is 0 Å². The second kappa shape index (κ2) is 5.20. The van der Waals surface area contributed by atoms with Gasteiger partial charge in [-0.2, -0.15) is 5.26 Å². The lowest BCUT2D eigenvalue weighted by molar-refractivity contribution is 0.591. The number of rotatable bonds is 3. The van der Waals surface area contributed by atoms with Gasteiger partial charge in [0.2, 0.25) is 0 Å². The van der Waals surface area contributed by atoms with Gasteiger partial charge in [-0.1, -0.05) is 17.7 Å². The average molecular weight is 236 g/mol. The number of halogens is 1. The summed E-state index contributed by atoms with van der Waals surface area (Å²) in [5.74, 6) is 0. The van der Waals surface area contributed by atoms with Crippen LogP contribution in [0, 0.1) is 11.3 Å². The van der Waals surface area contributed by atoms with E-state index in [1.54, 1.807) is 0 Å². The molecule has 0 aliphatic carbocycles. The Balaban J connectivity index is 1.96. The third kappa shape index (κ3) is 2.66. The van der Waals surface area contributed by atoms with Gasteiger partial charge < -0.3 is 4.90 Å². The SMILES string of the molecule is N#CCNC1CCN(c2cccc(Cl)c2)C1. The van der Waals surface area contributed by atoms with Gasteiger partial charge >= 0.3 is 0 Å². The van der Waals surface area contributed by atoms with Crippen molar-refractivity contribution >= 4 is 17.3 Å². The highest BCUT2D eigenvalue weighted by Gasteiger charge is 2.21. The second-order valence-corrected chi connectivity index (χ2v) is 4.39. The van der Waals surface area contributed by atoms with Gasteiger partial charge in [-0.25, -0.2) is 0 Å². The van der Waals surface area contributed by atoms with Crippen LogP contribution >= 0.6 is 11.6 Å². The maximum absolute atomic E-state index is 8.50. The Hall–Kier alpha value is -1.24. The van der Waals surface area contributed by atoms with Crippen LogP contribution in [0.1, 0.15) is 6.42 Å². The molecule has 3 nitrogen and oxygen atoms in total. The van der Waals surface area contributed by atoms with E-state index in [0.29, 0.717) is 12.6 Å². The molecule has 0 radical (unpaired) electrons. The van der Waals surface area contributed by atoms with Gasteiger partial charge in [0.15, 0.2) is 0 Å². The molecule has 0 amide bonds. The van der Waals surface area contributed by atoms with Crippen LogP contribution in [-0.4, -0.2) is 25.7 Å². The van der Waals surface area contributed by atoms with E-state index in [4.69, 9.17) is 16.9 Å². The van der Waals surface area contributed by atoms with E-state index in [-0.39, 0.29) is 0 Å². The van der Waals surface area contributed by atoms with Crippen molar-refractivity contribution in [2.75, 3.05) is 24.5 Å². The molecule has 16 heavy (non-hydrogen) atoms. The second-order valence-electron chi connectivity index (χ2n) is 3.95. The molecule has 0 saturated carbocycles. The van der Waals surface area contributed by atoms with Crippen molar-refractivity contribution in [3.63, 3.8) is 0 Å². The zero-order valence-electron chi connectivity index (χ0n) is 8.99. The topological polar surface area (TPSA) is 39.1 Å². The van der Waals surface area contributed by atoms with Crippen LogP contribution in [0.2, 0.25) is 5.02 Å². The third-order valence-corrected chi connectivity index (χ3v) is 3.07. The normalized spacial score (nSPS) is 19.8. The van der Waals surface area contributed by atoms with Crippen molar-refractivity contribution in [2.24, 2.45) is 0 Å². The van der Waals surface area contributed by atoms with E-state index in [1.807, 2.05) is 18.2 Å². The van der Waals surface area contributed by atoms with Gasteiger partial charge in [-0.3, -0.25) is 5.32 Å². The first-order chi connectivity index (χ1) is 7.79. The lowest BCUT2D eigenvalue weighted by Crippen LogP contribution is -2.32. The predicted molar refractivity (Wildman–Crippen MR) is 65.7 cm³/mol. The zero-order chi connectivity index (χ0) is 11.4. The van der Waals surface area contributed by atoms with E-state index in [1.165, 1.54) is 0 Å². The van der Waals surface area contributed by atoms with E-state index >= 15 is 0 Å². The summed E-state index contributed by atoms with van der Waals surface area (Å²) < 4.78 is 0. The highest BCUT2D eigenvalue weighted by atomic mass is 35.5. The first-order valence-electron chi connectivity index (χ1n) is 5.40. The van der Waals surface area contributed by atoms with Crippen LogP contribution in [0.5, 0.6) is 0 Å². The van der Waals surface area contributed by atoms with Crippen molar-refractivity contribution in [2.45, 2.75) is 12.5 Å². The average Bonchev–Trinajstić information content (AvgIpc) is 2.75. The molecule has 4 heteroatoms. The number of nitrogens with one attached hydrogen (secondary N) is 1. The van der Waals surface area contributed by atoms with Crippen molar-refractivity contribution in [1.82, 2.24) is 5.32 Å². The summed E-state index contributed by atoms with van der Waals surface area (Å²) in [5, 5.41) is 12.5. The molecule has 1 atom stereocenters. The third-order valence-electron chi connectivity index (χ3n) is 2.83. The van der Waals surface area contributed by atoms with Gasteiger partial charge in [0, 0.05) is 29.8 Å². The van der Waals surface area contributed by atoms with Gasteiger partial charge in [-0.15, -0.1) is 0 Å². The molecule has 1 aromatic rings. The van der Waals surface area contributed by atoms with Crippen LogP contribution in [0.15, 0.2) is 24.3 Å². The van der Waals surface area contributed by atoms with Crippen molar-refractivity contribution < 1.29 is 0 Å². The van der Waals surface area contributed by atoms with Gasteiger partial charge in [0.25, 0.3) is 0 Å². The Labute approximate surface area is 101 Å². The number of nitriles is 1. The minimum absolute atomic E-state index is 0.415. The largest absolute Gasteiger partial charge is 0.370 e. The summed E-state index contributed by atoms with van der Waals surface area (Å²) in [7, 11) is 0. The van der Waals surface area contributed by atoms with Crippen LogP contribution in [-0.2, 0) is 0 Å². The summed E-state index contributed by atoms with van der Waals surface area (Å²) >= 11 is 5.96. The summed E-state index contributed by atoms with van der Waals surface area (Å²) in [6, 6.07) is 10.4. The van der Waals surface area contributed by atoms with Gasteiger partial charge in [-0.05, 0) is 24.6 Å². The van der Waals surface area contributed by atoms with Crippen molar-refractivity contribution in [1.29, 1.82) is 5.26 Å². The summed E-state index contributed by atoms with van der Waals surface area (Å²) in [5.41, 5.74) is 1.16. The first-order valence-corrected chi connectivity index (χ1v) is 5.78. The molecule has 2 rings (SSSR count). The van der Waals surface area contributed by atoms with Gasteiger partial charge in [0.05, 0.1) is 12.6 Å². The molecule has 1 aliphatic heterocycles. The van der Waals surface area contributed by atoms with E-state index in [9.17, 15) is 0 Å². The molecule has 1 aromatic carbocycles. The Morgan fingerprint density at radius 2 is 2.44 bits per heavy atom. The Kier molecular flexibility index (Phi) is 3.66. The molecule has 0 bridgehead atoms. The standard InChI is InChI=1S/C12H14ClN3/c13-10-2-1-3-12(8-10)16-7-4-11(9-16)15-6-5-14/h1-3,8,11,15H,4,6-7,9H2. The molecule has 1 aliphatic rings. The molecular weight excluding hydrogens is 222 g/mol. The fourth-order valence-electron chi connectivity index (χ4n) is 2.02. The van der Waals surface area contributed by atoms with Crippen molar-refractivity contribution in [3.8, 4) is 6.07 Å². The molecule has 1 unspecified atom stereocenters. The molecule has 0 aromatic heterocycles. The fraction of sp³-hybridized carbons (Fsp3) is 0.417. The summed E-state index contributed by atoms with van der Waals surface area (Å²) in [4.78, 5) is 2.29. The van der Waals surface area contributed by atoms with Crippen molar-refractivity contribution in [3.05, 3.63) is 29.3 Å². The molecule has 1 N–H and O–H groups in total. The lowest BCUT2D eigenvalue weighted by atomic mass is 10.2. The quantitative estimate of drug-likeness (QED) is 0.815. The summed E-state index contributed by atoms with van der Waals surface area (Å²) in [6.07, 6.45) is 1.08. The molecule has 84 valence electrons. The lowest BCUT2D eigenvalue weighted by Gasteiger charge is -2.18. The number of hydrogen-bond acceptors (Lipinski definition) is 3.